The molecule has 5 unspecified atom stereocenters. The lowest BCUT2D eigenvalue weighted by Gasteiger charge is -2.28. The third-order valence-corrected chi connectivity index (χ3v) is 7.16. The predicted molar refractivity (Wildman–Crippen MR) is 108 cm³/mol. The van der Waals surface area contributed by atoms with Crippen LogP contribution in [0.2, 0.25) is 0 Å². The third-order valence-electron chi connectivity index (χ3n) is 5.07. The minimum atomic E-state index is -5.69. The van der Waals surface area contributed by atoms with Crippen LogP contribution in [-0.4, -0.2) is 54.3 Å². The first-order valence-corrected chi connectivity index (χ1v) is 12.7. The smallest absolute Gasteiger partial charge is 0.333 e. The predicted octanol–water partition coefficient (Wildman–Crippen LogP) is -2.22. The van der Waals surface area contributed by atoms with Gasteiger partial charge in [0.25, 0.3) is 21.2 Å². The summed E-state index contributed by atoms with van der Waals surface area (Å²) in [4.78, 5) is 56.0. The van der Waals surface area contributed by atoms with Crippen molar-refractivity contribution < 1.29 is 52.1 Å². The van der Waals surface area contributed by atoms with Gasteiger partial charge in [-0.15, -0.1) is 0 Å². The minimum Gasteiger partial charge on any atom is -0.756 e. The van der Waals surface area contributed by atoms with Crippen LogP contribution in [0.3, 0.4) is 0 Å². The second-order valence-corrected chi connectivity index (χ2v) is 10.1. The maximum Gasteiger partial charge on any atom is 0.333 e. The SMILES string of the molecule is O=c1ccn(C2OC(COP(=O)([O-])OP(=O)([O-])O)[C@H](O)C2O)c(=O)n1Cc1noc2ccccc12. The van der Waals surface area contributed by atoms with Gasteiger partial charge in [-0.2, -0.15) is 0 Å². The van der Waals surface area contributed by atoms with Crippen LogP contribution in [0.4, 0.5) is 0 Å². The fraction of sp³-hybridized carbons (Fsp3) is 0.353. The van der Waals surface area contributed by atoms with Crippen LogP contribution < -0.4 is 21.0 Å². The highest BCUT2D eigenvalue weighted by atomic mass is 31.3. The lowest BCUT2D eigenvalue weighted by atomic mass is 10.1. The molecule has 16 nitrogen and oxygen atoms in total. The van der Waals surface area contributed by atoms with E-state index in [0.717, 1.165) is 21.4 Å². The number of ether oxygens (including phenoxy) is 1. The number of aliphatic hydroxyl groups excluding tert-OH is 2. The molecule has 1 aliphatic rings. The van der Waals surface area contributed by atoms with Crippen molar-refractivity contribution in [2.45, 2.75) is 31.1 Å². The molecule has 3 heterocycles. The van der Waals surface area contributed by atoms with Gasteiger partial charge in [-0.3, -0.25) is 23.1 Å². The van der Waals surface area contributed by atoms with Crippen LogP contribution in [0.15, 0.2) is 50.6 Å². The summed E-state index contributed by atoms with van der Waals surface area (Å²) in [7, 11) is -11.2. The molecule has 4 rings (SSSR count). The average molecular weight is 533 g/mol. The molecular formula is C17H17N3O13P2-2. The Morgan fingerprint density at radius 1 is 1.11 bits per heavy atom. The molecule has 35 heavy (non-hydrogen) atoms. The Balaban J connectivity index is 1.56. The summed E-state index contributed by atoms with van der Waals surface area (Å²) < 4.78 is 41.8. The summed E-state index contributed by atoms with van der Waals surface area (Å²) in [5.41, 5.74) is -0.946. The van der Waals surface area contributed by atoms with Gasteiger partial charge in [0.15, 0.2) is 11.8 Å². The van der Waals surface area contributed by atoms with Crippen molar-refractivity contribution in [1.29, 1.82) is 0 Å². The molecule has 0 amide bonds. The van der Waals surface area contributed by atoms with E-state index < -0.39 is 58.0 Å². The molecule has 190 valence electrons. The van der Waals surface area contributed by atoms with Gasteiger partial charge in [-0.05, 0) is 12.1 Å². The maximum atomic E-state index is 13.0. The number of hydrogen-bond donors (Lipinski definition) is 3. The normalized spacial score (nSPS) is 26.0. The highest BCUT2D eigenvalue weighted by Crippen LogP contribution is 2.52. The van der Waals surface area contributed by atoms with E-state index in [1.165, 1.54) is 0 Å². The second-order valence-electron chi connectivity index (χ2n) is 7.39. The Bertz CT molecular complexity index is 1440. The van der Waals surface area contributed by atoms with Gasteiger partial charge < -0.3 is 38.7 Å². The van der Waals surface area contributed by atoms with E-state index in [-0.39, 0.29) is 12.2 Å². The number of nitrogens with zero attached hydrogens (tertiary/aromatic N) is 3. The number of fused-ring (bicyclic) bond motifs is 1. The molecule has 1 aliphatic heterocycles. The summed E-state index contributed by atoms with van der Waals surface area (Å²) in [6, 6.07) is 7.75. The van der Waals surface area contributed by atoms with Crippen molar-refractivity contribution in [2.24, 2.45) is 0 Å². The van der Waals surface area contributed by atoms with Gasteiger partial charge in [0, 0.05) is 17.6 Å². The summed E-state index contributed by atoms with van der Waals surface area (Å²) >= 11 is 0. The number of aliphatic hydroxyl groups is 2. The molecule has 0 bridgehead atoms. The van der Waals surface area contributed by atoms with Crippen LogP contribution in [0.25, 0.3) is 11.0 Å². The molecule has 0 aliphatic carbocycles. The summed E-state index contributed by atoms with van der Waals surface area (Å²) in [6.07, 6.45) is -5.72. The van der Waals surface area contributed by atoms with E-state index >= 15 is 0 Å². The summed E-state index contributed by atoms with van der Waals surface area (Å²) in [5, 5.41) is 25.0. The minimum absolute atomic E-state index is 0.280. The molecule has 0 spiro atoms. The van der Waals surface area contributed by atoms with Gasteiger partial charge in [-0.25, -0.2) is 9.11 Å². The van der Waals surface area contributed by atoms with E-state index in [9.17, 15) is 38.7 Å². The highest BCUT2D eigenvalue weighted by molar-refractivity contribution is 7.59. The number of aromatic nitrogens is 3. The number of hydrogen-bond acceptors (Lipinski definition) is 13. The van der Waals surface area contributed by atoms with Crippen molar-refractivity contribution in [1.82, 2.24) is 14.3 Å². The Labute approximate surface area is 194 Å². The van der Waals surface area contributed by atoms with Crippen LogP contribution >= 0.6 is 15.6 Å². The Morgan fingerprint density at radius 3 is 2.54 bits per heavy atom. The molecular weight excluding hydrogens is 516 g/mol. The molecule has 3 N–H and O–H groups in total. The molecule has 1 aromatic carbocycles. The van der Waals surface area contributed by atoms with Crippen LogP contribution in [0, 0.1) is 0 Å². The number of phosphoric acid groups is 2. The Hall–Kier alpha value is -2.49. The van der Waals surface area contributed by atoms with Crippen molar-refractivity contribution in [2.75, 3.05) is 6.61 Å². The van der Waals surface area contributed by atoms with Crippen molar-refractivity contribution in [3.63, 3.8) is 0 Å². The van der Waals surface area contributed by atoms with Gasteiger partial charge in [0.1, 0.15) is 24.0 Å². The van der Waals surface area contributed by atoms with Gasteiger partial charge in [-0.1, -0.05) is 17.3 Å². The number of rotatable bonds is 8. The number of para-hydroxylation sites is 1. The molecule has 1 saturated heterocycles. The van der Waals surface area contributed by atoms with E-state index in [0.29, 0.717) is 11.0 Å². The Morgan fingerprint density at radius 2 is 1.83 bits per heavy atom. The molecule has 3 aromatic rings. The van der Waals surface area contributed by atoms with Crippen molar-refractivity contribution in [3.05, 3.63) is 63.1 Å². The van der Waals surface area contributed by atoms with E-state index in [4.69, 9.17) is 14.2 Å². The lowest BCUT2D eigenvalue weighted by molar-refractivity contribution is -0.242. The van der Waals surface area contributed by atoms with Crippen LogP contribution in [0.5, 0.6) is 0 Å². The lowest BCUT2D eigenvalue weighted by Crippen LogP contribution is -2.43. The van der Waals surface area contributed by atoms with Gasteiger partial charge >= 0.3 is 5.69 Å². The molecule has 0 radical (unpaired) electrons. The molecule has 6 atom stereocenters. The number of phosphoric ester groups is 1. The fourth-order valence-electron chi connectivity index (χ4n) is 3.48. The van der Waals surface area contributed by atoms with E-state index in [2.05, 4.69) is 14.0 Å². The van der Waals surface area contributed by atoms with Crippen molar-refractivity contribution in [3.8, 4) is 0 Å². The monoisotopic (exact) mass is 533 g/mol. The standard InChI is InChI=1S/C17H19N3O13P2/c21-13-5-6-19(17(24)20(13)7-10-9-3-1-2-4-11(9)32-18-10)16-15(23)14(22)12(31-16)8-30-35(28,29)33-34(25,26)27/h1-6,12,14-16,22-23H,7-8H2,(H,28,29)(H2,25,26,27)/p-2/t12?,14-,15?,16?/m0/s1. The topological polar surface area (TPSA) is 239 Å². The average Bonchev–Trinajstić information content (AvgIpc) is 3.30. The first kappa shape index (κ1) is 25.6. The highest BCUT2D eigenvalue weighted by Gasteiger charge is 2.45. The van der Waals surface area contributed by atoms with E-state index in [1.54, 1.807) is 24.3 Å². The summed E-state index contributed by atoms with van der Waals surface area (Å²) in [5.74, 6) is 0. The number of benzene rings is 1. The zero-order valence-electron chi connectivity index (χ0n) is 17.3. The zero-order valence-corrected chi connectivity index (χ0v) is 19.1. The molecule has 1 fully saturated rings. The first-order valence-electron chi connectivity index (χ1n) is 9.74. The molecule has 18 heteroatoms. The third kappa shape index (κ3) is 5.52. The summed E-state index contributed by atoms with van der Waals surface area (Å²) in [6.45, 7) is -1.32. The van der Waals surface area contributed by atoms with Crippen LogP contribution in [-0.2, 0) is 29.2 Å². The molecule has 2 aromatic heterocycles. The Kier molecular flexibility index (Phi) is 6.96. The van der Waals surface area contributed by atoms with E-state index in [1.807, 2.05) is 0 Å². The van der Waals surface area contributed by atoms with Gasteiger partial charge in [0.2, 0.25) is 0 Å². The molecule has 0 saturated carbocycles. The first-order chi connectivity index (χ1) is 16.4. The van der Waals surface area contributed by atoms with Crippen LogP contribution in [0.1, 0.15) is 11.9 Å². The maximum absolute atomic E-state index is 13.0. The van der Waals surface area contributed by atoms with Gasteiger partial charge in [0.05, 0.1) is 13.2 Å². The largest absolute Gasteiger partial charge is 0.756 e. The second kappa shape index (κ2) is 9.52. The quantitative estimate of drug-likeness (QED) is 0.260. The fourth-order valence-corrected chi connectivity index (χ4v) is 5.01. The van der Waals surface area contributed by atoms with Crippen molar-refractivity contribution >= 4 is 26.6 Å². The zero-order chi connectivity index (χ0) is 25.5.